The Balaban J connectivity index is 1.71. The Hall–Kier alpha value is -3.02. The molecule has 0 atom stereocenters. The first-order valence-electron chi connectivity index (χ1n) is 7.41. The van der Waals surface area contributed by atoms with Crippen LogP contribution in [0.5, 0.6) is 0 Å². The molecule has 0 saturated heterocycles. The molecule has 0 spiro atoms. The van der Waals surface area contributed by atoms with Crippen molar-refractivity contribution in [2.45, 2.75) is 20.0 Å². The lowest BCUT2D eigenvalue weighted by molar-refractivity contribution is -0.144. The van der Waals surface area contributed by atoms with Crippen molar-refractivity contribution in [2.24, 2.45) is 0 Å². The Morgan fingerprint density at radius 3 is 2.83 bits per heavy atom. The van der Waals surface area contributed by atoms with Crippen molar-refractivity contribution in [3.8, 4) is 0 Å². The summed E-state index contributed by atoms with van der Waals surface area (Å²) in [5, 5.41) is 0. The summed E-state index contributed by atoms with van der Waals surface area (Å²) in [6.45, 7) is 1.75. The molecule has 0 aliphatic rings. The molecular formula is C18H15FN2O3. The third kappa shape index (κ3) is 3.48. The van der Waals surface area contributed by atoms with Gasteiger partial charge in [0.05, 0.1) is 12.1 Å². The summed E-state index contributed by atoms with van der Waals surface area (Å²) < 4.78 is 20.0. The maximum absolute atomic E-state index is 13.5. The minimum Gasteiger partial charge on any atom is -0.459 e. The molecule has 6 heteroatoms. The summed E-state index contributed by atoms with van der Waals surface area (Å²) in [5.74, 6) is -1.03. The first-order valence-corrected chi connectivity index (χ1v) is 7.41. The number of rotatable bonds is 4. The molecule has 0 N–H and O–H groups in total. The molecule has 0 saturated carbocycles. The van der Waals surface area contributed by atoms with Crippen LogP contribution >= 0.6 is 0 Å². The van der Waals surface area contributed by atoms with E-state index in [1.807, 2.05) is 13.0 Å². The summed E-state index contributed by atoms with van der Waals surface area (Å²) >= 11 is 0. The highest BCUT2D eigenvalue weighted by Gasteiger charge is 2.10. The van der Waals surface area contributed by atoms with E-state index >= 15 is 0 Å². The molecule has 0 fully saturated rings. The normalized spacial score (nSPS) is 10.8. The Morgan fingerprint density at radius 1 is 1.25 bits per heavy atom. The van der Waals surface area contributed by atoms with Crippen LogP contribution in [0.2, 0.25) is 0 Å². The van der Waals surface area contributed by atoms with E-state index < -0.39 is 11.8 Å². The van der Waals surface area contributed by atoms with Gasteiger partial charge in [-0.1, -0.05) is 24.3 Å². The highest BCUT2D eigenvalue weighted by atomic mass is 19.1. The van der Waals surface area contributed by atoms with Crippen molar-refractivity contribution in [2.75, 3.05) is 0 Å². The third-order valence-electron chi connectivity index (χ3n) is 3.53. The number of ether oxygens (including phenoxy) is 1. The summed E-state index contributed by atoms with van der Waals surface area (Å²) in [6.07, 6.45) is 1.52. The van der Waals surface area contributed by atoms with Crippen LogP contribution in [0, 0.1) is 12.7 Å². The zero-order valence-electron chi connectivity index (χ0n) is 13.0. The van der Waals surface area contributed by atoms with Crippen LogP contribution in [0.4, 0.5) is 4.39 Å². The second kappa shape index (κ2) is 6.62. The van der Waals surface area contributed by atoms with Gasteiger partial charge in [0.25, 0.3) is 5.56 Å². The van der Waals surface area contributed by atoms with Gasteiger partial charge in [-0.05, 0) is 30.2 Å². The molecule has 0 bridgehead atoms. The topological polar surface area (TPSA) is 60.7 Å². The van der Waals surface area contributed by atoms with Crippen molar-refractivity contribution in [3.05, 3.63) is 81.7 Å². The van der Waals surface area contributed by atoms with Crippen molar-refractivity contribution >= 4 is 11.6 Å². The van der Waals surface area contributed by atoms with Crippen LogP contribution in [-0.2, 0) is 22.6 Å². The minimum atomic E-state index is -0.578. The van der Waals surface area contributed by atoms with Gasteiger partial charge in [-0.15, -0.1) is 0 Å². The molecular weight excluding hydrogens is 311 g/mol. The number of hydrogen-bond donors (Lipinski definition) is 0. The standard InChI is InChI=1S/C18H15FN2O3/c1-12-6-7-16-20-14(9-17(22)21(16)10-12)11-24-18(23)8-13-4-2-3-5-15(13)19/h2-7,9-10H,8,11H2,1H3. The van der Waals surface area contributed by atoms with E-state index in [4.69, 9.17) is 4.74 Å². The van der Waals surface area contributed by atoms with Crippen molar-refractivity contribution < 1.29 is 13.9 Å². The average molecular weight is 326 g/mol. The molecule has 5 nitrogen and oxygen atoms in total. The fraction of sp³-hybridized carbons (Fsp3) is 0.167. The van der Waals surface area contributed by atoms with Gasteiger partial charge in [0.2, 0.25) is 0 Å². The maximum atomic E-state index is 13.5. The zero-order chi connectivity index (χ0) is 17.1. The van der Waals surface area contributed by atoms with Gasteiger partial charge in [-0.25, -0.2) is 9.37 Å². The van der Waals surface area contributed by atoms with Crippen LogP contribution in [0.1, 0.15) is 16.8 Å². The van der Waals surface area contributed by atoms with Crippen LogP contribution in [0.25, 0.3) is 5.65 Å². The van der Waals surface area contributed by atoms with E-state index in [2.05, 4.69) is 4.98 Å². The van der Waals surface area contributed by atoms with E-state index in [1.165, 1.54) is 22.6 Å². The van der Waals surface area contributed by atoms with Gasteiger partial charge in [0.1, 0.15) is 18.1 Å². The Bertz CT molecular complexity index is 966. The number of carbonyl (C=O) groups excluding carboxylic acids is 1. The number of carbonyl (C=O) groups is 1. The van der Waals surface area contributed by atoms with E-state index in [1.54, 1.807) is 24.4 Å². The number of pyridine rings is 1. The number of esters is 1. The molecule has 3 rings (SSSR count). The SMILES string of the molecule is Cc1ccc2nc(COC(=O)Cc3ccccc3F)cc(=O)n2c1. The zero-order valence-corrected chi connectivity index (χ0v) is 13.0. The lowest BCUT2D eigenvalue weighted by Crippen LogP contribution is -2.17. The number of aromatic nitrogens is 2. The van der Waals surface area contributed by atoms with Gasteiger partial charge in [0.15, 0.2) is 0 Å². The number of nitrogens with zero attached hydrogens (tertiary/aromatic N) is 2. The second-order valence-electron chi connectivity index (χ2n) is 5.45. The first kappa shape index (κ1) is 15.9. The molecule has 0 amide bonds. The summed E-state index contributed by atoms with van der Waals surface area (Å²) in [7, 11) is 0. The van der Waals surface area contributed by atoms with Crippen LogP contribution in [-0.4, -0.2) is 15.4 Å². The molecule has 2 aromatic heterocycles. The summed E-state index contributed by atoms with van der Waals surface area (Å²) in [6, 6.07) is 10.9. The molecule has 0 aliphatic heterocycles. The largest absolute Gasteiger partial charge is 0.459 e. The number of fused-ring (bicyclic) bond motifs is 1. The number of benzene rings is 1. The van der Waals surface area contributed by atoms with Crippen molar-refractivity contribution in [3.63, 3.8) is 0 Å². The fourth-order valence-electron chi connectivity index (χ4n) is 2.33. The predicted molar refractivity (Wildman–Crippen MR) is 86.1 cm³/mol. The van der Waals surface area contributed by atoms with Gasteiger partial charge < -0.3 is 4.74 Å². The Morgan fingerprint density at radius 2 is 2.04 bits per heavy atom. The average Bonchev–Trinajstić information content (AvgIpc) is 2.56. The predicted octanol–water partition coefficient (Wildman–Crippen LogP) is 2.43. The first-order chi connectivity index (χ1) is 11.5. The van der Waals surface area contributed by atoms with Crippen molar-refractivity contribution in [1.82, 2.24) is 9.38 Å². The minimum absolute atomic E-state index is 0.132. The second-order valence-corrected chi connectivity index (χ2v) is 5.45. The molecule has 1 aromatic carbocycles. The molecule has 0 radical (unpaired) electrons. The van der Waals surface area contributed by atoms with Crippen LogP contribution in [0.3, 0.4) is 0 Å². The monoisotopic (exact) mass is 326 g/mol. The summed E-state index contributed by atoms with van der Waals surface area (Å²) in [4.78, 5) is 28.2. The van der Waals surface area contributed by atoms with E-state index in [9.17, 15) is 14.0 Å². The molecule has 24 heavy (non-hydrogen) atoms. The van der Waals surface area contributed by atoms with Gasteiger partial charge in [0, 0.05) is 12.3 Å². The van der Waals surface area contributed by atoms with E-state index in [0.29, 0.717) is 11.3 Å². The highest BCUT2D eigenvalue weighted by Crippen LogP contribution is 2.09. The Kier molecular flexibility index (Phi) is 4.37. The lowest BCUT2D eigenvalue weighted by atomic mass is 10.1. The third-order valence-corrected chi connectivity index (χ3v) is 3.53. The van der Waals surface area contributed by atoms with E-state index in [-0.39, 0.29) is 24.2 Å². The number of hydrogen-bond acceptors (Lipinski definition) is 4. The number of aryl methyl sites for hydroxylation is 1. The molecule has 122 valence electrons. The maximum Gasteiger partial charge on any atom is 0.310 e. The summed E-state index contributed by atoms with van der Waals surface area (Å²) in [5.41, 5.74) is 1.79. The Labute approximate surface area is 137 Å². The smallest absolute Gasteiger partial charge is 0.310 e. The van der Waals surface area contributed by atoms with Crippen molar-refractivity contribution in [1.29, 1.82) is 0 Å². The van der Waals surface area contributed by atoms with E-state index in [0.717, 1.165) is 5.56 Å². The fourth-order valence-corrected chi connectivity index (χ4v) is 2.33. The molecule has 0 unspecified atom stereocenters. The molecule has 2 heterocycles. The van der Waals surface area contributed by atoms with Crippen LogP contribution < -0.4 is 5.56 Å². The van der Waals surface area contributed by atoms with Gasteiger partial charge >= 0.3 is 5.97 Å². The number of halogens is 1. The van der Waals surface area contributed by atoms with Gasteiger partial charge in [-0.2, -0.15) is 0 Å². The quantitative estimate of drug-likeness (QED) is 0.691. The lowest BCUT2D eigenvalue weighted by Gasteiger charge is -2.07. The molecule has 0 aliphatic carbocycles. The highest BCUT2D eigenvalue weighted by molar-refractivity contribution is 5.72. The van der Waals surface area contributed by atoms with Gasteiger partial charge in [-0.3, -0.25) is 14.0 Å². The molecule has 3 aromatic rings. The van der Waals surface area contributed by atoms with Crippen LogP contribution in [0.15, 0.2) is 53.5 Å².